The van der Waals surface area contributed by atoms with Crippen LogP contribution in [0.5, 0.6) is 5.75 Å². The second kappa shape index (κ2) is 7.09. The van der Waals surface area contributed by atoms with Gasteiger partial charge < -0.3 is 15.2 Å². The average molecular weight is 355 g/mol. The summed E-state index contributed by atoms with van der Waals surface area (Å²) in [5.74, 6) is -0.417. The van der Waals surface area contributed by atoms with Crippen molar-refractivity contribution in [3.05, 3.63) is 48.5 Å². The second-order valence-electron chi connectivity index (χ2n) is 5.41. The standard InChI is InChI=1S/C17H17N5O4/c1-18-15(23)10-21-9-12(8-20-21)22-6-5-19-16(22)11-3-4-14(26-2)13(7-11)17(24)25/h3-9H,10H2,1-2H3,(H,18,23)(H,24,25). The summed E-state index contributed by atoms with van der Waals surface area (Å²) in [6, 6.07) is 4.83. The molecule has 0 aliphatic heterocycles. The lowest BCUT2D eigenvalue weighted by Gasteiger charge is -2.09. The number of nitrogens with one attached hydrogen (secondary N) is 1. The van der Waals surface area contributed by atoms with E-state index in [9.17, 15) is 14.7 Å². The van der Waals surface area contributed by atoms with E-state index in [1.807, 2.05) is 0 Å². The lowest BCUT2D eigenvalue weighted by atomic mass is 10.1. The molecule has 0 spiro atoms. The van der Waals surface area contributed by atoms with Gasteiger partial charge in [0, 0.05) is 31.2 Å². The van der Waals surface area contributed by atoms with Gasteiger partial charge in [-0.1, -0.05) is 0 Å². The molecule has 2 aromatic heterocycles. The molecule has 1 amide bonds. The Balaban J connectivity index is 1.98. The van der Waals surface area contributed by atoms with E-state index in [2.05, 4.69) is 15.4 Å². The molecule has 26 heavy (non-hydrogen) atoms. The number of rotatable bonds is 6. The summed E-state index contributed by atoms with van der Waals surface area (Å²) in [6.45, 7) is 0.103. The first-order valence-electron chi connectivity index (χ1n) is 7.72. The highest BCUT2D eigenvalue weighted by molar-refractivity contribution is 5.92. The van der Waals surface area contributed by atoms with Gasteiger partial charge in [0.1, 0.15) is 23.7 Å². The molecular formula is C17H17N5O4. The quantitative estimate of drug-likeness (QED) is 0.687. The topological polar surface area (TPSA) is 111 Å². The van der Waals surface area contributed by atoms with E-state index in [0.717, 1.165) is 0 Å². The number of hydrogen-bond acceptors (Lipinski definition) is 5. The van der Waals surface area contributed by atoms with Crippen LogP contribution in [0, 0.1) is 0 Å². The van der Waals surface area contributed by atoms with Gasteiger partial charge in [0.2, 0.25) is 5.91 Å². The zero-order chi connectivity index (χ0) is 18.7. The molecule has 0 fully saturated rings. The summed E-state index contributed by atoms with van der Waals surface area (Å²) < 4.78 is 8.36. The van der Waals surface area contributed by atoms with Gasteiger partial charge in [-0.05, 0) is 18.2 Å². The number of carbonyl (C=O) groups excluding carboxylic acids is 1. The summed E-state index contributed by atoms with van der Waals surface area (Å²) in [4.78, 5) is 27.2. The van der Waals surface area contributed by atoms with E-state index in [4.69, 9.17) is 4.74 Å². The number of carboxylic acid groups (broad SMARTS) is 1. The molecule has 2 N–H and O–H groups in total. The number of carboxylic acids is 1. The molecule has 0 saturated heterocycles. The van der Waals surface area contributed by atoms with E-state index in [0.29, 0.717) is 17.1 Å². The molecule has 134 valence electrons. The van der Waals surface area contributed by atoms with Crippen molar-refractivity contribution in [3.8, 4) is 22.8 Å². The molecule has 0 atom stereocenters. The highest BCUT2D eigenvalue weighted by Crippen LogP contribution is 2.27. The number of aromatic carboxylic acids is 1. The van der Waals surface area contributed by atoms with Gasteiger partial charge in [0.15, 0.2) is 0 Å². The summed E-state index contributed by atoms with van der Waals surface area (Å²) in [5.41, 5.74) is 1.37. The summed E-state index contributed by atoms with van der Waals surface area (Å²) in [7, 11) is 2.98. The van der Waals surface area contributed by atoms with E-state index < -0.39 is 5.97 Å². The number of carbonyl (C=O) groups is 2. The van der Waals surface area contributed by atoms with Crippen molar-refractivity contribution >= 4 is 11.9 Å². The number of hydrogen-bond donors (Lipinski definition) is 2. The third-order valence-electron chi connectivity index (χ3n) is 3.81. The lowest BCUT2D eigenvalue weighted by molar-refractivity contribution is -0.121. The molecule has 9 nitrogen and oxygen atoms in total. The third kappa shape index (κ3) is 3.27. The number of benzene rings is 1. The summed E-state index contributed by atoms with van der Waals surface area (Å²) >= 11 is 0. The van der Waals surface area contributed by atoms with Gasteiger partial charge in [-0.3, -0.25) is 14.0 Å². The van der Waals surface area contributed by atoms with E-state index in [1.54, 1.807) is 48.5 Å². The first kappa shape index (κ1) is 17.2. The maximum Gasteiger partial charge on any atom is 0.339 e. The number of likely N-dealkylation sites (N-methyl/N-ethyl adjacent to an activating group) is 1. The van der Waals surface area contributed by atoms with E-state index >= 15 is 0 Å². The van der Waals surface area contributed by atoms with Crippen LogP contribution in [-0.2, 0) is 11.3 Å². The van der Waals surface area contributed by atoms with Crippen molar-refractivity contribution < 1.29 is 19.4 Å². The van der Waals surface area contributed by atoms with Crippen LogP contribution in [0.15, 0.2) is 43.0 Å². The Morgan fingerprint density at radius 3 is 2.85 bits per heavy atom. The number of amides is 1. The van der Waals surface area contributed by atoms with Crippen molar-refractivity contribution in [2.45, 2.75) is 6.54 Å². The highest BCUT2D eigenvalue weighted by atomic mass is 16.5. The molecular weight excluding hydrogens is 338 g/mol. The van der Waals surface area contributed by atoms with Gasteiger partial charge in [0.25, 0.3) is 0 Å². The molecule has 0 aliphatic carbocycles. The Labute approximate surface area is 148 Å². The maximum atomic E-state index is 11.5. The van der Waals surface area contributed by atoms with Crippen LogP contribution >= 0.6 is 0 Å². The van der Waals surface area contributed by atoms with Gasteiger partial charge in [-0.25, -0.2) is 9.78 Å². The Morgan fingerprint density at radius 2 is 2.15 bits per heavy atom. The Hall–Kier alpha value is -3.62. The predicted molar refractivity (Wildman–Crippen MR) is 92.4 cm³/mol. The fourth-order valence-corrected chi connectivity index (χ4v) is 2.53. The number of methoxy groups -OCH3 is 1. The second-order valence-corrected chi connectivity index (χ2v) is 5.41. The first-order valence-corrected chi connectivity index (χ1v) is 7.72. The molecule has 0 unspecified atom stereocenters. The minimum absolute atomic E-state index is 0.0508. The average Bonchev–Trinajstić information content (AvgIpc) is 3.29. The maximum absolute atomic E-state index is 11.5. The molecule has 9 heteroatoms. The number of aromatic nitrogens is 4. The monoisotopic (exact) mass is 355 g/mol. The zero-order valence-electron chi connectivity index (χ0n) is 14.2. The minimum atomic E-state index is -1.08. The number of ether oxygens (including phenoxy) is 1. The Morgan fingerprint density at radius 1 is 1.35 bits per heavy atom. The fraction of sp³-hybridized carbons (Fsp3) is 0.176. The Bertz CT molecular complexity index is 960. The van der Waals surface area contributed by atoms with Crippen LogP contribution in [0.4, 0.5) is 0 Å². The molecule has 0 radical (unpaired) electrons. The molecule has 3 aromatic rings. The van der Waals surface area contributed by atoms with Crippen molar-refractivity contribution in [1.29, 1.82) is 0 Å². The normalized spacial score (nSPS) is 10.5. The third-order valence-corrected chi connectivity index (χ3v) is 3.81. The largest absolute Gasteiger partial charge is 0.496 e. The summed E-state index contributed by atoms with van der Waals surface area (Å²) in [5, 5.41) is 16.1. The van der Waals surface area contributed by atoms with E-state index in [-0.39, 0.29) is 23.8 Å². The van der Waals surface area contributed by atoms with Crippen LogP contribution in [0.25, 0.3) is 17.1 Å². The van der Waals surface area contributed by atoms with Gasteiger partial charge in [-0.2, -0.15) is 5.10 Å². The minimum Gasteiger partial charge on any atom is -0.496 e. The zero-order valence-corrected chi connectivity index (χ0v) is 14.2. The van der Waals surface area contributed by atoms with Crippen molar-refractivity contribution in [2.75, 3.05) is 14.2 Å². The smallest absolute Gasteiger partial charge is 0.339 e. The molecule has 2 heterocycles. The Kier molecular flexibility index (Phi) is 4.70. The molecule has 3 rings (SSSR count). The number of imidazole rings is 1. The SMILES string of the molecule is CNC(=O)Cn1cc(-n2ccnc2-c2ccc(OC)c(C(=O)O)c2)cn1. The molecule has 0 bridgehead atoms. The summed E-state index contributed by atoms with van der Waals surface area (Å²) in [6.07, 6.45) is 6.66. The highest BCUT2D eigenvalue weighted by Gasteiger charge is 2.16. The van der Waals surface area contributed by atoms with Crippen LogP contribution < -0.4 is 10.1 Å². The van der Waals surface area contributed by atoms with Gasteiger partial charge in [-0.15, -0.1) is 0 Å². The molecule has 0 aliphatic rings. The van der Waals surface area contributed by atoms with Crippen LogP contribution in [-0.4, -0.2) is 50.5 Å². The van der Waals surface area contributed by atoms with Crippen molar-refractivity contribution in [1.82, 2.24) is 24.6 Å². The van der Waals surface area contributed by atoms with Crippen LogP contribution in [0.1, 0.15) is 10.4 Å². The predicted octanol–water partition coefficient (Wildman–Crippen LogP) is 1.19. The van der Waals surface area contributed by atoms with Crippen LogP contribution in [0.2, 0.25) is 0 Å². The van der Waals surface area contributed by atoms with Gasteiger partial charge in [0.05, 0.1) is 19.0 Å². The van der Waals surface area contributed by atoms with Gasteiger partial charge >= 0.3 is 5.97 Å². The van der Waals surface area contributed by atoms with E-state index in [1.165, 1.54) is 17.9 Å². The lowest BCUT2D eigenvalue weighted by Crippen LogP contribution is -2.23. The van der Waals surface area contributed by atoms with Crippen molar-refractivity contribution in [3.63, 3.8) is 0 Å². The number of nitrogens with zero attached hydrogens (tertiary/aromatic N) is 4. The first-order chi connectivity index (χ1) is 12.5. The van der Waals surface area contributed by atoms with Crippen LogP contribution in [0.3, 0.4) is 0 Å². The van der Waals surface area contributed by atoms with Crippen molar-refractivity contribution in [2.24, 2.45) is 0 Å². The molecule has 0 saturated carbocycles. The molecule has 1 aromatic carbocycles. The fourth-order valence-electron chi connectivity index (χ4n) is 2.53.